The van der Waals surface area contributed by atoms with Crippen LogP contribution in [0.3, 0.4) is 0 Å². The van der Waals surface area contributed by atoms with Gasteiger partial charge in [0.1, 0.15) is 0 Å². The number of rotatable bonds is 8. The normalized spacial score (nSPS) is 12.5. The van der Waals surface area contributed by atoms with Gasteiger partial charge in [0.2, 0.25) is 0 Å². The second-order valence-corrected chi connectivity index (χ2v) is 14.0. The van der Waals surface area contributed by atoms with Crippen LogP contribution in [0, 0.1) is 13.8 Å². The summed E-state index contributed by atoms with van der Waals surface area (Å²) in [7, 11) is 0. The topological polar surface area (TPSA) is 30.6 Å². The maximum Gasteiger partial charge on any atom is 0.0640 e. The number of allylic oxidation sites excluding steroid dienone is 5. The number of nitrogens with zero attached hydrogens (tertiary/aromatic N) is 3. The van der Waals surface area contributed by atoms with E-state index in [1.807, 2.05) is 31.2 Å². The first-order valence-corrected chi connectivity index (χ1v) is 18.4. The van der Waals surface area contributed by atoms with E-state index in [0.29, 0.717) is 0 Å². The van der Waals surface area contributed by atoms with Gasteiger partial charge in [0.05, 0.1) is 33.3 Å². The van der Waals surface area contributed by atoms with E-state index in [-0.39, 0.29) is 0 Å². The predicted octanol–water partition coefficient (Wildman–Crippen LogP) is 13.4. The number of aromatic nitrogens is 4. The van der Waals surface area contributed by atoms with Crippen molar-refractivity contribution in [3.63, 3.8) is 0 Å². The highest BCUT2D eigenvalue weighted by molar-refractivity contribution is 6.24. The lowest BCUT2D eigenvalue weighted by molar-refractivity contribution is 1.12. The second-order valence-electron chi connectivity index (χ2n) is 14.0. The molecule has 0 spiro atoms. The third-order valence-electron chi connectivity index (χ3n) is 10.9. The Morgan fingerprint density at radius 1 is 0.717 bits per heavy atom. The molecule has 0 aliphatic carbocycles. The quantitative estimate of drug-likeness (QED) is 0.154. The van der Waals surface area contributed by atoms with E-state index in [1.54, 1.807) is 0 Å². The molecule has 0 radical (unpaired) electrons. The monoisotopic (exact) mass is 686 g/mol. The molecule has 9 aromatic rings. The number of benzene rings is 5. The van der Waals surface area contributed by atoms with Gasteiger partial charge in [-0.25, -0.2) is 0 Å². The van der Waals surface area contributed by atoms with Crippen LogP contribution < -0.4 is 0 Å². The van der Waals surface area contributed by atoms with Crippen LogP contribution in [0.1, 0.15) is 41.8 Å². The van der Waals surface area contributed by atoms with Crippen LogP contribution in [-0.4, -0.2) is 18.7 Å². The standard InChI is InChI=1S/C49H42N4/c1-8-17-33(18-9-2)51-40(12-5)36(11-4)47-43(51)23-24-44-48(47)38-20-14-15-21-41(38)52(44)34-25-30(6)26-35(28-34)53-42-22-16-13-19-37(42)45-31(7)27-39-46(49(45)53)32(10-3)29-50-39/h8-9,11-29,50H,1,4-5,10H2,2-3,6-7H3/b18-9-,33-17+. The number of hydrogen-bond donors (Lipinski definition) is 1. The third-order valence-corrected chi connectivity index (χ3v) is 10.9. The maximum atomic E-state index is 4.31. The zero-order valence-electron chi connectivity index (χ0n) is 30.8. The molecule has 0 atom stereocenters. The third kappa shape index (κ3) is 4.55. The van der Waals surface area contributed by atoms with Crippen LogP contribution >= 0.6 is 0 Å². The minimum atomic E-state index is 0.955. The minimum absolute atomic E-state index is 0.955. The molecule has 0 bridgehead atoms. The fraction of sp³-hybridized carbons (Fsp3) is 0.102. The summed E-state index contributed by atoms with van der Waals surface area (Å²) in [6.45, 7) is 21.3. The number of hydrogen-bond acceptors (Lipinski definition) is 0. The molecule has 0 aliphatic heterocycles. The van der Waals surface area contributed by atoms with Gasteiger partial charge in [0, 0.05) is 66.7 Å². The lowest BCUT2D eigenvalue weighted by Crippen LogP contribution is -2.00. The Hall–Kier alpha value is -6.52. The molecular formula is C49H42N4. The van der Waals surface area contributed by atoms with Crippen molar-refractivity contribution in [2.45, 2.75) is 34.1 Å². The predicted molar refractivity (Wildman–Crippen MR) is 231 cm³/mol. The van der Waals surface area contributed by atoms with Crippen LogP contribution in [0.15, 0.2) is 135 Å². The maximum absolute atomic E-state index is 4.31. The number of fused-ring (bicyclic) bond motifs is 10. The first-order valence-electron chi connectivity index (χ1n) is 18.4. The van der Waals surface area contributed by atoms with Gasteiger partial charge in [0.15, 0.2) is 0 Å². The average molecular weight is 687 g/mol. The zero-order valence-corrected chi connectivity index (χ0v) is 30.8. The Labute approximate surface area is 309 Å². The van der Waals surface area contributed by atoms with Crippen LogP contribution in [0.5, 0.6) is 0 Å². The minimum Gasteiger partial charge on any atom is -0.361 e. The largest absolute Gasteiger partial charge is 0.361 e. The second kappa shape index (κ2) is 12.3. The van der Waals surface area contributed by atoms with Crippen LogP contribution in [0.2, 0.25) is 0 Å². The summed E-state index contributed by atoms with van der Waals surface area (Å²) in [5.74, 6) is 0. The molecule has 0 saturated carbocycles. The molecule has 4 nitrogen and oxygen atoms in total. The van der Waals surface area contributed by atoms with E-state index >= 15 is 0 Å². The number of nitrogens with one attached hydrogen (secondary N) is 1. The molecule has 0 saturated heterocycles. The Morgan fingerprint density at radius 2 is 1.40 bits per heavy atom. The lowest BCUT2D eigenvalue weighted by Gasteiger charge is -2.15. The van der Waals surface area contributed by atoms with Crippen molar-refractivity contribution in [1.82, 2.24) is 18.7 Å². The van der Waals surface area contributed by atoms with Crippen molar-refractivity contribution >= 4 is 83.3 Å². The molecular weight excluding hydrogens is 645 g/mol. The van der Waals surface area contributed by atoms with Gasteiger partial charge in [-0.2, -0.15) is 0 Å². The first kappa shape index (κ1) is 32.4. The molecule has 0 aliphatic rings. The average Bonchev–Trinajstić information content (AvgIpc) is 3.91. The van der Waals surface area contributed by atoms with E-state index < -0.39 is 0 Å². The van der Waals surface area contributed by atoms with E-state index in [9.17, 15) is 0 Å². The summed E-state index contributed by atoms with van der Waals surface area (Å²) in [5.41, 5.74) is 16.2. The van der Waals surface area contributed by atoms with Crippen molar-refractivity contribution in [3.8, 4) is 11.4 Å². The fourth-order valence-corrected chi connectivity index (χ4v) is 8.94. The summed E-state index contributed by atoms with van der Waals surface area (Å²) in [6.07, 6.45) is 15.1. The van der Waals surface area contributed by atoms with Crippen LogP contribution in [0.25, 0.3) is 94.6 Å². The van der Waals surface area contributed by atoms with Gasteiger partial charge in [-0.15, -0.1) is 0 Å². The number of H-pyrrole nitrogens is 1. The summed E-state index contributed by atoms with van der Waals surface area (Å²) in [4.78, 5) is 3.59. The van der Waals surface area contributed by atoms with Crippen molar-refractivity contribution in [2.75, 3.05) is 0 Å². The highest BCUT2D eigenvalue weighted by Crippen LogP contribution is 2.44. The summed E-state index contributed by atoms with van der Waals surface area (Å²) in [6, 6.07) is 31.5. The zero-order chi connectivity index (χ0) is 36.5. The molecule has 258 valence electrons. The molecule has 4 aromatic heterocycles. The molecule has 5 aromatic carbocycles. The fourth-order valence-electron chi connectivity index (χ4n) is 8.94. The SMILES string of the molecule is C=C/C=C(\C=C/C)n1c(C=C)c(C=C)c2c3c4ccccc4n(-c4cc(C)cc(-n5c6ccccc6c6c(C)cc7[nH]cc(CC)c7c65)c4)c3ccc21. The molecule has 4 heterocycles. The molecule has 53 heavy (non-hydrogen) atoms. The smallest absolute Gasteiger partial charge is 0.0640 e. The first-order chi connectivity index (χ1) is 25.9. The highest BCUT2D eigenvalue weighted by atomic mass is 15.0. The Kier molecular flexibility index (Phi) is 7.53. The summed E-state index contributed by atoms with van der Waals surface area (Å²) in [5, 5.41) is 7.44. The van der Waals surface area contributed by atoms with Gasteiger partial charge in [0.25, 0.3) is 0 Å². The van der Waals surface area contributed by atoms with Gasteiger partial charge < -0.3 is 18.7 Å². The summed E-state index contributed by atoms with van der Waals surface area (Å²) < 4.78 is 7.21. The number of aromatic amines is 1. The van der Waals surface area contributed by atoms with Crippen LogP contribution in [-0.2, 0) is 6.42 Å². The van der Waals surface area contributed by atoms with Gasteiger partial charge in [-0.1, -0.05) is 81.3 Å². The van der Waals surface area contributed by atoms with Crippen molar-refractivity contribution < 1.29 is 0 Å². The van der Waals surface area contributed by atoms with Gasteiger partial charge >= 0.3 is 0 Å². The van der Waals surface area contributed by atoms with E-state index in [2.05, 4.69) is 162 Å². The van der Waals surface area contributed by atoms with E-state index in [0.717, 1.165) is 56.7 Å². The van der Waals surface area contributed by atoms with Crippen molar-refractivity contribution in [1.29, 1.82) is 0 Å². The Balaban J connectivity index is 1.40. The number of para-hydroxylation sites is 2. The highest BCUT2D eigenvalue weighted by Gasteiger charge is 2.24. The molecule has 0 unspecified atom stereocenters. The Bertz CT molecular complexity index is 3070. The molecule has 0 fully saturated rings. The van der Waals surface area contributed by atoms with E-state index in [4.69, 9.17) is 0 Å². The molecule has 0 amide bonds. The van der Waals surface area contributed by atoms with Gasteiger partial charge in [-0.3, -0.25) is 0 Å². The Morgan fingerprint density at radius 3 is 2.08 bits per heavy atom. The summed E-state index contributed by atoms with van der Waals surface area (Å²) >= 11 is 0. The van der Waals surface area contributed by atoms with Gasteiger partial charge in [-0.05, 0) is 111 Å². The van der Waals surface area contributed by atoms with Crippen molar-refractivity contribution in [2.24, 2.45) is 0 Å². The molecule has 9 rings (SSSR count). The molecule has 4 heteroatoms. The lowest BCUT2D eigenvalue weighted by atomic mass is 10.0. The van der Waals surface area contributed by atoms with Crippen molar-refractivity contribution in [3.05, 3.63) is 163 Å². The number of aryl methyl sites for hydroxylation is 3. The molecule has 1 N–H and O–H groups in total. The van der Waals surface area contributed by atoms with E-state index in [1.165, 1.54) is 60.2 Å². The van der Waals surface area contributed by atoms with Crippen LogP contribution in [0.4, 0.5) is 0 Å².